The molecule has 5 rings (SSSR count). The molecule has 38 heavy (non-hydrogen) atoms. The predicted molar refractivity (Wildman–Crippen MR) is 139 cm³/mol. The average Bonchev–Trinajstić information content (AvgIpc) is 3.47. The van der Waals surface area contributed by atoms with Crippen molar-refractivity contribution in [3.63, 3.8) is 0 Å². The number of halogens is 3. The van der Waals surface area contributed by atoms with Crippen molar-refractivity contribution in [2.75, 3.05) is 11.1 Å². The molecular formula is C28H24F3N5O2. The smallest absolute Gasteiger partial charge is 0.431 e. The fraction of sp³-hybridized carbons (Fsp3) is 0.179. The number of anilines is 2. The number of amides is 1. The molecule has 0 aliphatic rings. The number of carbonyl (C=O) groups is 1. The zero-order chi connectivity index (χ0) is 27.2. The lowest BCUT2D eigenvalue weighted by Crippen LogP contribution is -2.18. The van der Waals surface area contributed by atoms with Crippen molar-refractivity contribution in [3.8, 4) is 17.1 Å². The fourth-order valence-electron chi connectivity index (χ4n) is 4.08. The van der Waals surface area contributed by atoms with E-state index in [2.05, 4.69) is 36.2 Å². The minimum Gasteiger partial charge on any atom is -0.431 e. The first kappa shape index (κ1) is 25.1. The Morgan fingerprint density at radius 1 is 0.974 bits per heavy atom. The van der Waals surface area contributed by atoms with Gasteiger partial charge < -0.3 is 15.5 Å². The number of alkyl halides is 3. The number of fused-ring (bicyclic) bond motifs is 1. The maximum atomic E-state index is 13.7. The van der Waals surface area contributed by atoms with Crippen LogP contribution in [0.3, 0.4) is 0 Å². The highest BCUT2D eigenvalue weighted by molar-refractivity contribution is 6.05. The normalized spacial score (nSPS) is 12.2. The molecule has 0 aliphatic carbocycles. The molecule has 0 bridgehead atoms. The SMILES string of the molecule is CC(C)(C)c1cccc(-n2nc(N)c3cc(NC(=O)c4nc(-c5ccccc5)oc4C(F)(F)F)ccc32)c1. The fourth-order valence-corrected chi connectivity index (χ4v) is 4.08. The van der Waals surface area contributed by atoms with Crippen LogP contribution in [0.4, 0.5) is 24.7 Å². The maximum absolute atomic E-state index is 13.7. The van der Waals surface area contributed by atoms with Crippen molar-refractivity contribution < 1.29 is 22.4 Å². The van der Waals surface area contributed by atoms with E-state index in [1.807, 2.05) is 24.3 Å². The highest BCUT2D eigenvalue weighted by atomic mass is 19.4. The van der Waals surface area contributed by atoms with Crippen molar-refractivity contribution in [2.45, 2.75) is 32.4 Å². The van der Waals surface area contributed by atoms with Gasteiger partial charge in [0, 0.05) is 16.6 Å². The first-order chi connectivity index (χ1) is 17.9. The summed E-state index contributed by atoms with van der Waals surface area (Å²) in [4.78, 5) is 16.8. The highest BCUT2D eigenvalue weighted by Crippen LogP contribution is 2.36. The summed E-state index contributed by atoms with van der Waals surface area (Å²) >= 11 is 0. The van der Waals surface area contributed by atoms with Gasteiger partial charge in [-0.25, -0.2) is 9.67 Å². The van der Waals surface area contributed by atoms with E-state index < -0.39 is 23.5 Å². The molecule has 3 N–H and O–H groups in total. The number of nitrogens with two attached hydrogens (primary N) is 1. The first-order valence-corrected chi connectivity index (χ1v) is 11.8. The van der Waals surface area contributed by atoms with E-state index in [1.54, 1.807) is 53.2 Å². The van der Waals surface area contributed by atoms with E-state index in [9.17, 15) is 18.0 Å². The van der Waals surface area contributed by atoms with Gasteiger partial charge in [-0.15, -0.1) is 5.10 Å². The van der Waals surface area contributed by atoms with Crippen LogP contribution in [0.2, 0.25) is 0 Å². The molecule has 194 valence electrons. The zero-order valence-corrected chi connectivity index (χ0v) is 20.8. The van der Waals surface area contributed by atoms with Crippen LogP contribution < -0.4 is 11.1 Å². The molecule has 0 fully saturated rings. The van der Waals surface area contributed by atoms with Crippen LogP contribution in [-0.4, -0.2) is 20.7 Å². The van der Waals surface area contributed by atoms with Gasteiger partial charge in [-0.3, -0.25) is 4.79 Å². The third-order valence-electron chi connectivity index (χ3n) is 6.04. The second-order valence-electron chi connectivity index (χ2n) is 9.84. The summed E-state index contributed by atoms with van der Waals surface area (Å²) in [5.74, 6) is -2.63. The third kappa shape index (κ3) is 4.72. The summed E-state index contributed by atoms with van der Waals surface area (Å²) in [5, 5.41) is 7.46. The van der Waals surface area contributed by atoms with E-state index >= 15 is 0 Å². The Kier molecular flexibility index (Phi) is 5.97. The average molecular weight is 520 g/mol. The number of nitrogens with zero attached hydrogens (tertiary/aromatic N) is 3. The number of nitrogens with one attached hydrogen (secondary N) is 1. The van der Waals surface area contributed by atoms with Crippen LogP contribution in [0.1, 0.15) is 42.6 Å². The van der Waals surface area contributed by atoms with Gasteiger partial charge >= 0.3 is 6.18 Å². The van der Waals surface area contributed by atoms with Crippen LogP contribution >= 0.6 is 0 Å². The first-order valence-electron chi connectivity index (χ1n) is 11.8. The lowest BCUT2D eigenvalue weighted by atomic mass is 9.87. The van der Waals surface area contributed by atoms with Crippen LogP contribution in [-0.2, 0) is 11.6 Å². The molecule has 3 aromatic carbocycles. The Hall–Kier alpha value is -4.60. The molecule has 2 heterocycles. The summed E-state index contributed by atoms with van der Waals surface area (Å²) in [6.07, 6.45) is -4.91. The van der Waals surface area contributed by atoms with E-state index in [0.29, 0.717) is 16.5 Å². The van der Waals surface area contributed by atoms with Gasteiger partial charge in [0.1, 0.15) is 0 Å². The Labute approximate surface area is 216 Å². The predicted octanol–water partition coefficient (Wildman–Crippen LogP) is 6.83. The number of rotatable bonds is 4. The number of hydrogen-bond acceptors (Lipinski definition) is 5. The molecule has 0 saturated heterocycles. The van der Waals surface area contributed by atoms with Crippen molar-refractivity contribution >= 4 is 28.3 Å². The lowest BCUT2D eigenvalue weighted by Gasteiger charge is -2.19. The number of benzene rings is 3. The highest BCUT2D eigenvalue weighted by Gasteiger charge is 2.42. The molecule has 10 heteroatoms. The van der Waals surface area contributed by atoms with Crippen molar-refractivity contribution in [1.29, 1.82) is 0 Å². The van der Waals surface area contributed by atoms with Crippen molar-refractivity contribution in [1.82, 2.24) is 14.8 Å². The Morgan fingerprint density at radius 3 is 2.39 bits per heavy atom. The summed E-state index contributed by atoms with van der Waals surface area (Å²) in [5.41, 5.74) is 8.39. The van der Waals surface area contributed by atoms with E-state index in [-0.39, 0.29) is 22.8 Å². The van der Waals surface area contributed by atoms with Gasteiger partial charge in [-0.05, 0) is 53.4 Å². The van der Waals surface area contributed by atoms with Gasteiger partial charge in [0.25, 0.3) is 5.91 Å². The number of hydrogen-bond donors (Lipinski definition) is 2. The third-order valence-corrected chi connectivity index (χ3v) is 6.04. The molecule has 0 saturated carbocycles. The molecule has 0 unspecified atom stereocenters. The van der Waals surface area contributed by atoms with Gasteiger partial charge in [-0.1, -0.05) is 51.1 Å². The van der Waals surface area contributed by atoms with Crippen LogP contribution in [0, 0.1) is 0 Å². The second kappa shape index (κ2) is 9.05. The van der Waals surface area contributed by atoms with E-state index in [1.165, 1.54) is 0 Å². The Balaban J connectivity index is 1.48. The number of nitrogen functional groups attached to an aromatic ring is 1. The van der Waals surface area contributed by atoms with Crippen LogP contribution in [0.15, 0.2) is 77.2 Å². The molecule has 0 atom stereocenters. The van der Waals surface area contributed by atoms with Crippen LogP contribution in [0.5, 0.6) is 0 Å². The molecule has 7 nitrogen and oxygen atoms in total. The largest absolute Gasteiger partial charge is 0.452 e. The van der Waals surface area contributed by atoms with Crippen LogP contribution in [0.25, 0.3) is 28.0 Å². The molecule has 1 amide bonds. The van der Waals surface area contributed by atoms with Gasteiger partial charge in [-0.2, -0.15) is 13.2 Å². The summed E-state index contributed by atoms with van der Waals surface area (Å²) < 4.78 is 47.6. The quantitative estimate of drug-likeness (QED) is 0.271. The molecule has 0 aliphatic heterocycles. The molecule has 2 aromatic heterocycles. The summed E-state index contributed by atoms with van der Waals surface area (Å²) in [6, 6.07) is 20.8. The van der Waals surface area contributed by atoms with Gasteiger partial charge in [0.05, 0.1) is 11.2 Å². The minimum absolute atomic E-state index is 0.0707. The van der Waals surface area contributed by atoms with Gasteiger partial charge in [0.15, 0.2) is 11.5 Å². The van der Waals surface area contributed by atoms with Crippen molar-refractivity contribution in [3.05, 3.63) is 89.8 Å². The minimum atomic E-state index is -4.91. The standard InChI is InChI=1S/C28H24F3N5O2/c1-27(2,3)17-10-7-11-19(14-17)36-21-13-12-18(15-20(21)24(32)35-36)33-25(37)22-23(28(29,30)31)38-26(34-22)16-8-5-4-6-9-16/h4-15H,1-3H3,(H2,32,35)(H,33,37). The molecule has 0 radical (unpaired) electrons. The number of carbonyl (C=O) groups excluding carboxylic acids is 1. The molecule has 5 aromatic rings. The molecular weight excluding hydrogens is 495 g/mol. The number of oxazole rings is 1. The summed E-state index contributed by atoms with van der Waals surface area (Å²) in [7, 11) is 0. The maximum Gasteiger partial charge on any atom is 0.452 e. The monoisotopic (exact) mass is 519 g/mol. The second-order valence-corrected chi connectivity index (χ2v) is 9.84. The zero-order valence-electron chi connectivity index (χ0n) is 20.8. The summed E-state index contributed by atoms with van der Waals surface area (Å²) in [6.45, 7) is 6.33. The van der Waals surface area contributed by atoms with Crippen molar-refractivity contribution in [2.24, 2.45) is 0 Å². The topological polar surface area (TPSA) is 99.0 Å². The lowest BCUT2D eigenvalue weighted by molar-refractivity contribution is -0.153. The number of aromatic nitrogens is 3. The Morgan fingerprint density at radius 2 is 1.71 bits per heavy atom. The van der Waals surface area contributed by atoms with Gasteiger partial charge in [0.2, 0.25) is 11.7 Å². The molecule has 0 spiro atoms. The van der Waals surface area contributed by atoms with E-state index in [4.69, 9.17) is 10.2 Å². The van der Waals surface area contributed by atoms with E-state index in [0.717, 1.165) is 11.3 Å². The Bertz CT molecular complexity index is 1650.